The van der Waals surface area contributed by atoms with Crippen molar-refractivity contribution in [2.75, 3.05) is 6.54 Å². The van der Waals surface area contributed by atoms with Gasteiger partial charge in [-0.1, -0.05) is 54.6 Å². The summed E-state index contributed by atoms with van der Waals surface area (Å²) in [6.45, 7) is 5.96. The quantitative estimate of drug-likeness (QED) is 0.453. The van der Waals surface area contributed by atoms with Crippen LogP contribution < -0.4 is 5.73 Å². The molecule has 1 unspecified atom stereocenters. The molecule has 1 saturated heterocycles. The van der Waals surface area contributed by atoms with Crippen molar-refractivity contribution in [1.29, 1.82) is 0 Å². The van der Waals surface area contributed by atoms with E-state index < -0.39 is 22.7 Å². The maximum Gasteiger partial charge on any atom is 0.411 e. The van der Waals surface area contributed by atoms with E-state index in [0.29, 0.717) is 43.6 Å². The van der Waals surface area contributed by atoms with Gasteiger partial charge < -0.3 is 20.5 Å². The summed E-state index contributed by atoms with van der Waals surface area (Å²) in [6.07, 6.45) is 1.92. The third-order valence-electron chi connectivity index (χ3n) is 7.82. The van der Waals surface area contributed by atoms with Crippen LogP contribution in [0, 0.1) is 0 Å². The largest absolute Gasteiger partial charge is 0.438 e. The summed E-state index contributed by atoms with van der Waals surface area (Å²) >= 11 is 0. The monoisotopic (exact) mass is 514 g/mol. The van der Waals surface area contributed by atoms with E-state index in [0.717, 1.165) is 16.7 Å². The van der Waals surface area contributed by atoms with Crippen LogP contribution in [0.25, 0.3) is 11.3 Å². The predicted molar refractivity (Wildman–Crippen MR) is 143 cm³/mol. The number of benzene rings is 2. The third-order valence-corrected chi connectivity index (χ3v) is 7.82. The fourth-order valence-corrected chi connectivity index (χ4v) is 5.50. The van der Waals surface area contributed by atoms with Crippen LogP contribution in [0.5, 0.6) is 0 Å². The zero-order chi connectivity index (χ0) is 27.1. The number of nitrogens with zero attached hydrogens (tertiary/aromatic N) is 3. The molecule has 1 aliphatic heterocycles. The Kier molecular flexibility index (Phi) is 6.47. The summed E-state index contributed by atoms with van der Waals surface area (Å²) < 4.78 is 6.12. The van der Waals surface area contributed by atoms with Crippen LogP contribution in [0.3, 0.4) is 0 Å². The average Bonchev–Trinajstić information content (AvgIpc) is 3.71. The van der Waals surface area contributed by atoms with Crippen LogP contribution in [-0.4, -0.2) is 44.4 Å². The Morgan fingerprint density at radius 3 is 2.26 bits per heavy atom. The minimum Gasteiger partial charge on any atom is -0.438 e. The lowest BCUT2D eigenvalue weighted by atomic mass is 9.80. The highest BCUT2D eigenvalue weighted by Crippen LogP contribution is 2.47. The Labute approximate surface area is 222 Å². The normalized spacial score (nSPS) is 21.5. The van der Waals surface area contributed by atoms with Gasteiger partial charge in [-0.05, 0) is 56.9 Å². The van der Waals surface area contributed by atoms with Gasteiger partial charge in [0.15, 0.2) is 0 Å². The summed E-state index contributed by atoms with van der Waals surface area (Å²) in [5.74, 6) is -0.352. The highest BCUT2D eigenvalue weighted by atomic mass is 16.6. The molecule has 8 nitrogen and oxygen atoms in total. The number of nitrogens with two attached hydrogens (primary N) is 1. The van der Waals surface area contributed by atoms with E-state index in [1.807, 2.05) is 73.7 Å². The van der Waals surface area contributed by atoms with Crippen molar-refractivity contribution in [2.45, 2.75) is 69.1 Å². The summed E-state index contributed by atoms with van der Waals surface area (Å²) in [5, 5.41) is 19.2. The van der Waals surface area contributed by atoms with Crippen molar-refractivity contribution < 1.29 is 19.4 Å². The fourth-order valence-electron chi connectivity index (χ4n) is 5.50. The SMILES string of the molecule is C[C@@H](c1ccc(-c2ccc(C3(C(N)=O)CC3)nn2)cc1)N1CCC(CC(C)(C)O)(c2ccccc2)OC1=O. The second kappa shape index (κ2) is 9.51. The molecule has 2 aliphatic rings. The number of hydrogen-bond acceptors (Lipinski definition) is 6. The number of aromatic nitrogens is 2. The lowest BCUT2D eigenvalue weighted by molar-refractivity contribution is -0.120. The first kappa shape index (κ1) is 25.9. The lowest BCUT2D eigenvalue weighted by Crippen LogP contribution is -2.51. The van der Waals surface area contributed by atoms with Crippen molar-refractivity contribution in [3.8, 4) is 11.3 Å². The van der Waals surface area contributed by atoms with Gasteiger partial charge in [0, 0.05) is 24.9 Å². The molecule has 0 bridgehead atoms. The van der Waals surface area contributed by atoms with Crippen LogP contribution in [0.15, 0.2) is 66.7 Å². The second-order valence-corrected chi connectivity index (χ2v) is 11.2. The molecule has 38 heavy (non-hydrogen) atoms. The van der Waals surface area contributed by atoms with Gasteiger partial charge in [0.25, 0.3) is 0 Å². The van der Waals surface area contributed by atoms with Gasteiger partial charge in [0.05, 0.1) is 28.4 Å². The number of ether oxygens (including phenoxy) is 1. The van der Waals surface area contributed by atoms with Crippen LogP contribution in [0.2, 0.25) is 0 Å². The number of carbonyl (C=O) groups excluding carboxylic acids is 2. The molecule has 5 rings (SSSR count). The van der Waals surface area contributed by atoms with Gasteiger partial charge in [-0.25, -0.2) is 4.79 Å². The predicted octanol–water partition coefficient (Wildman–Crippen LogP) is 4.62. The van der Waals surface area contributed by atoms with Gasteiger partial charge in [-0.3, -0.25) is 4.79 Å². The van der Waals surface area contributed by atoms with Gasteiger partial charge in [0.2, 0.25) is 5.91 Å². The molecule has 2 aromatic carbocycles. The Bertz CT molecular complexity index is 1320. The smallest absolute Gasteiger partial charge is 0.411 e. The maximum absolute atomic E-state index is 13.3. The molecule has 2 atom stereocenters. The van der Waals surface area contributed by atoms with Crippen molar-refractivity contribution >= 4 is 12.0 Å². The summed E-state index contributed by atoms with van der Waals surface area (Å²) in [5.41, 5.74) is 7.08. The van der Waals surface area contributed by atoms with E-state index >= 15 is 0 Å². The van der Waals surface area contributed by atoms with E-state index in [2.05, 4.69) is 10.2 Å². The number of primary amides is 1. The minimum absolute atomic E-state index is 0.203. The molecule has 1 aliphatic carbocycles. The Morgan fingerprint density at radius 2 is 1.74 bits per heavy atom. The molecule has 8 heteroatoms. The molecule has 0 spiro atoms. The summed E-state index contributed by atoms with van der Waals surface area (Å²) in [4.78, 5) is 26.8. The standard InChI is InChI=1S/C30H34N4O4/c1-20(34-18-17-30(38-27(34)36,19-28(2,3)37)23-7-5-4-6-8-23)21-9-11-22(12-10-21)24-13-14-25(33-32-24)29(15-16-29)26(31)35/h4-14,20,37H,15-19H2,1-3H3,(H2,31,35)/t20-,30?/m0/s1. The topological polar surface area (TPSA) is 119 Å². The van der Waals surface area contributed by atoms with Crippen LogP contribution in [0.1, 0.15) is 69.3 Å². The van der Waals surface area contributed by atoms with Crippen LogP contribution >= 0.6 is 0 Å². The number of carbonyl (C=O) groups is 2. The highest BCUT2D eigenvalue weighted by molar-refractivity contribution is 5.89. The highest BCUT2D eigenvalue weighted by Gasteiger charge is 2.51. The molecule has 0 radical (unpaired) electrons. The summed E-state index contributed by atoms with van der Waals surface area (Å²) in [6, 6.07) is 21.0. The molecule has 2 amide bonds. The molecule has 3 aromatic rings. The second-order valence-electron chi connectivity index (χ2n) is 11.2. The third kappa shape index (κ3) is 4.88. The van der Waals surface area contributed by atoms with Crippen molar-refractivity contribution in [3.05, 3.63) is 83.6 Å². The molecule has 1 saturated carbocycles. The molecule has 2 fully saturated rings. The van der Waals surface area contributed by atoms with Gasteiger partial charge in [-0.2, -0.15) is 10.2 Å². The molecular formula is C30H34N4O4. The van der Waals surface area contributed by atoms with Gasteiger partial charge in [-0.15, -0.1) is 0 Å². The molecular weight excluding hydrogens is 480 g/mol. The molecule has 2 heterocycles. The molecule has 3 N–H and O–H groups in total. The minimum atomic E-state index is -1.00. The van der Waals surface area contributed by atoms with Crippen LogP contribution in [0.4, 0.5) is 4.79 Å². The number of hydrogen-bond donors (Lipinski definition) is 2. The number of aliphatic hydroxyl groups is 1. The maximum atomic E-state index is 13.3. The Hall–Kier alpha value is -3.78. The number of cyclic esters (lactones) is 1. The van der Waals surface area contributed by atoms with E-state index in [1.165, 1.54) is 0 Å². The number of rotatable bonds is 8. The number of amides is 2. The average molecular weight is 515 g/mol. The van der Waals surface area contributed by atoms with E-state index in [9.17, 15) is 14.7 Å². The van der Waals surface area contributed by atoms with Crippen LogP contribution in [-0.2, 0) is 20.5 Å². The molecule has 198 valence electrons. The lowest BCUT2D eigenvalue weighted by Gasteiger charge is -2.45. The van der Waals surface area contributed by atoms with Gasteiger partial charge >= 0.3 is 6.09 Å². The Morgan fingerprint density at radius 1 is 1.05 bits per heavy atom. The van der Waals surface area contributed by atoms with Crippen molar-refractivity contribution in [2.24, 2.45) is 5.73 Å². The van der Waals surface area contributed by atoms with Gasteiger partial charge in [0.1, 0.15) is 5.60 Å². The zero-order valence-corrected chi connectivity index (χ0v) is 22.1. The molecule has 1 aromatic heterocycles. The first-order chi connectivity index (χ1) is 18.0. The van der Waals surface area contributed by atoms with Crippen molar-refractivity contribution in [1.82, 2.24) is 15.1 Å². The Balaban J connectivity index is 1.30. The van der Waals surface area contributed by atoms with E-state index in [-0.39, 0.29) is 11.9 Å². The fraction of sp³-hybridized carbons (Fsp3) is 0.400. The van der Waals surface area contributed by atoms with E-state index in [1.54, 1.807) is 18.7 Å². The van der Waals surface area contributed by atoms with Crippen molar-refractivity contribution in [3.63, 3.8) is 0 Å². The zero-order valence-electron chi connectivity index (χ0n) is 22.1. The summed E-state index contributed by atoms with van der Waals surface area (Å²) in [7, 11) is 0. The first-order valence-electron chi connectivity index (χ1n) is 13.1. The van der Waals surface area contributed by atoms with E-state index in [4.69, 9.17) is 10.5 Å². The first-order valence-corrected chi connectivity index (χ1v) is 13.1.